The number of ether oxygens (including phenoxy) is 1. The molecule has 7 nitrogen and oxygen atoms in total. The van der Waals surface area contributed by atoms with Crippen molar-refractivity contribution < 1.29 is 19.4 Å². The number of hydrogen-bond donors (Lipinski definition) is 3. The van der Waals surface area contributed by atoms with Crippen LogP contribution in [0.25, 0.3) is 0 Å². The summed E-state index contributed by atoms with van der Waals surface area (Å²) in [5, 5.41) is 15.4. The van der Waals surface area contributed by atoms with Gasteiger partial charge in [-0.05, 0) is 51.7 Å². The third-order valence-corrected chi connectivity index (χ3v) is 3.91. The Balaban J connectivity index is 2.02. The number of carboxylic acid groups (broad SMARTS) is 1. The molecule has 1 aliphatic heterocycles. The van der Waals surface area contributed by atoms with Crippen molar-refractivity contribution in [3.05, 3.63) is 29.8 Å². The molecular formula is C18H27N3O4. The van der Waals surface area contributed by atoms with E-state index in [4.69, 9.17) is 4.74 Å². The van der Waals surface area contributed by atoms with E-state index >= 15 is 0 Å². The summed E-state index contributed by atoms with van der Waals surface area (Å²) in [5.74, 6) is 0. The van der Waals surface area contributed by atoms with Gasteiger partial charge >= 0.3 is 12.2 Å². The predicted molar refractivity (Wildman–Crippen MR) is 95.5 cm³/mol. The number of piperidine rings is 1. The molecule has 1 saturated heterocycles. The van der Waals surface area contributed by atoms with Crippen LogP contribution in [0.4, 0.5) is 15.3 Å². The van der Waals surface area contributed by atoms with Crippen LogP contribution >= 0.6 is 0 Å². The minimum Gasteiger partial charge on any atom is -0.465 e. The highest BCUT2D eigenvalue weighted by Crippen LogP contribution is 2.22. The fourth-order valence-electron chi connectivity index (χ4n) is 2.79. The normalized spacial score (nSPS) is 17.7. The summed E-state index contributed by atoms with van der Waals surface area (Å²) in [6, 6.07) is 7.55. The van der Waals surface area contributed by atoms with Gasteiger partial charge in [0.15, 0.2) is 0 Å². The number of benzene rings is 1. The van der Waals surface area contributed by atoms with E-state index in [9.17, 15) is 14.7 Å². The first kappa shape index (κ1) is 18.9. The highest BCUT2D eigenvalue weighted by Gasteiger charge is 2.26. The molecule has 25 heavy (non-hydrogen) atoms. The van der Waals surface area contributed by atoms with Gasteiger partial charge in [-0.2, -0.15) is 0 Å². The molecule has 1 fully saturated rings. The molecule has 2 rings (SSSR count). The van der Waals surface area contributed by atoms with E-state index in [-0.39, 0.29) is 6.17 Å². The van der Waals surface area contributed by atoms with Crippen LogP contribution in [0.5, 0.6) is 0 Å². The fourth-order valence-corrected chi connectivity index (χ4v) is 2.79. The van der Waals surface area contributed by atoms with E-state index in [0.717, 1.165) is 30.5 Å². The Morgan fingerprint density at radius 2 is 2.00 bits per heavy atom. The Morgan fingerprint density at radius 1 is 1.28 bits per heavy atom. The van der Waals surface area contributed by atoms with E-state index < -0.39 is 17.8 Å². The number of carbonyl (C=O) groups is 2. The van der Waals surface area contributed by atoms with E-state index in [2.05, 4.69) is 10.6 Å². The summed E-state index contributed by atoms with van der Waals surface area (Å²) < 4.78 is 5.24. The molecule has 0 radical (unpaired) electrons. The highest BCUT2D eigenvalue weighted by atomic mass is 16.6. The quantitative estimate of drug-likeness (QED) is 0.772. The van der Waals surface area contributed by atoms with Gasteiger partial charge in [0.05, 0.1) is 0 Å². The largest absolute Gasteiger partial charge is 0.465 e. The predicted octanol–water partition coefficient (Wildman–Crippen LogP) is 3.61. The van der Waals surface area contributed by atoms with Crippen LogP contribution in [0.15, 0.2) is 24.3 Å². The molecule has 3 N–H and O–H groups in total. The summed E-state index contributed by atoms with van der Waals surface area (Å²) in [4.78, 5) is 24.7. The molecule has 7 heteroatoms. The van der Waals surface area contributed by atoms with Gasteiger partial charge in [-0.3, -0.25) is 4.90 Å². The lowest BCUT2D eigenvalue weighted by Crippen LogP contribution is -2.47. The fraction of sp³-hybridized carbons (Fsp3) is 0.556. The molecule has 0 aromatic heterocycles. The van der Waals surface area contributed by atoms with Gasteiger partial charge in [0.1, 0.15) is 11.8 Å². The average molecular weight is 349 g/mol. The van der Waals surface area contributed by atoms with Crippen molar-refractivity contribution in [2.24, 2.45) is 0 Å². The van der Waals surface area contributed by atoms with E-state index in [1.807, 2.05) is 45.0 Å². The molecule has 0 saturated carbocycles. The van der Waals surface area contributed by atoms with Crippen LogP contribution in [0, 0.1) is 0 Å². The van der Waals surface area contributed by atoms with Gasteiger partial charge in [-0.25, -0.2) is 9.59 Å². The Kier molecular flexibility index (Phi) is 6.12. The van der Waals surface area contributed by atoms with Gasteiger partial charge < -0.3 is 20.5 Å². The number of nitrogens with one attached hydrogen (secondary N) is 2. The molecule has 0 spiro atoms. The second-order valence-electron chi connectivity index (χ2n) is 7.14. The monoisotopic (exact) mass is 349 g/mol. The zero-order valence-electron chi connectivity index (χ0n) is 15.0. The average Bonchev–Trinajstić information content (AvgIpc) is 2.53. The first-order valence-corrected chi connectivity index (χ1v) is 8.57. The maximum absolute atomic E-state index is 11.8. The van der Waals surface area contributed by atoms with Crippen molar-refractivity contribution in [1.82, 2.24) is 10.2 Å². The van der Waals surface area contributed by atoms with Gasteiger partial charge in [-0.15, -0.1) is 0 Å². The maximum atomic E-state index is 11.8. The highest BCUT2D eigenvalue weighted by molar-refractivity contribution is 5.68. The Bertz CT molecular complexity index is 613. The molecule has 1 unspecified atom stereocenters. The number of carbonyl (C=O) groups excluding carboxylic acids is 1. The molecule has 0 bridgehead atoms. The van der Waals surface area contributed by atoms with Crippen molar-refractivity contribution in [2.75, 3.05) is 11.9 Å². The van der Waals surface area contributed by atoms with Crippen LogP contribution in [-0.4, -0.2) is 40.5 Å². The maximum Gasteiger partial charge on any atom is 0.408 e. The number of rotatable bonds is 4. The molecule has 1 aliphatic rings. The van der Waals surface area contributed by atoms with Crippen LogP contribution in [0.1, 0.15) is 45.6 Å². The van der Waals surface area contributed by atoms with Crippen molar-refractivity contribution in [3.63, 3.8) is 0 Å². The number of alkyl carbamates (subject to hydrolysis) is 1. The first-order valence-electron chi connectivity index (χ1n) is 8.57. The molecule has 138 valence electrons. The summed E-state index contributed by atoms with van der Waals surface area (Å²) in [5.41, 5.74) is 1.15. The summed E-state index contributed by atoms with van der Waals surface area (Å²) in [6.07, 6.45) is 0.981. The minimum absolute atomic E-state index is 0.256. The molecule has 2 amide bonds. The van der Waals surface area contributed by atoms with Crippen LogP contribution in [0.3, 0.4) is 0 Å². The number of amides is 2. The third kappa shape index (κ3) is 5.85. The van der Waals surface area contributed by atoms with Gasteiger partial charge in [-0.1, -0.05) is 18.2 Å². The molecule has 1 aromatic carbocycles. The van der Waals surface area contributed by atoms with Crippen LogP contribution in [0.2, 0.25) is 0 Å². The number of anilines is 1. The molecular weight excluding hydrogens is 322 g/mol. The number of hydrogen-bond acceptors (Lipinski definition) is 4. The molecule has 1 heterocycles. The van der Waals surface area contributed by atoms with E-state index in [1.165, 1.54) is 4.90 Å². The lowest BCUT2D eigenvalue weighted by molar-refractivity contribution is 0.0523. The zero-order chi connectivity index (χ0) is 18.4. The summed E-state index contributed by atoms with van der Waals surface area (Å²) in [6.45, 7) is 6.27. The van der Waals surface area contributed by atoms with E-state index in [0.29, 0.717) is 13.1 Å². The lowest BCUT2D eigenvalue weighted by atomic mass is 10.1. The molecule has 1 aromatic rings. The second kappa shape index (κ2) is 8.09. The van der Waals surface area contributed by atoms with Crippen LogP contribution < -0.4 is 10.6 Å². The Labute approximate surface area is 148 Å². The second-order valence-corrected chi connectivity index (χ2v) is 7.14. The summed E-state index contributed by atoms with van der Waals surface area (Å²) >= 11 is 0. The zero-order valence-corrected chi connectivity index (χ0v) is 15.0. The van der Waals surface area contributed by atoms with Gasteiger partial charge in [0.25, 0.3) is 0 Å². The third-order valence-electron chi connectivity index (χ3n) is 3.91. The first-order chi connectivity index (χ1) is 11.8. The van der Waals surface area contributed by atoms with Crippen molar-refractivity contribution in [2.45, 2.75) is 58.3 Å². The standard InChI is InChI=1S/C18H27N3O4/c1-18(2,3)25-16(22)19-12-13-8-4-5-9-14(13)20-15-10-6-7-11-21(15)17(23)24/h4-5,8-9,15,20H,6-7,10-12H2,1-3H3,(H,19,22)(H,23,24). The van der Waals surface area contributed by atoms with Gasteiger partial charge in [0, 0.05) is 18.8 Å². The SMILES string of the molecule is CC(C)(C)OC(=O)NCc1ccccc1NC1CCCCN1C(=O)O. The van der Waals surface area contributed by atoms with Gasteiger partial charge in [0.2, 0.25) is 0 Å². The number of nitrogens with zero attached hydrogens (tertiary/aromatic N) is 1. The van der Waals surface area contributed by atoms with E-state index in [1.54, 1.807) is 0 Å². The van der Waals surface area contributed by atoms with Crippen LogP contribution in [-0.2, 0) is 11.3 Å². The van der Waals surface area contributed by atoms with Crippen molar-refractivity contribution in [3.8, 4) is 0 Å². The van der Waals surface area contributed by atoms with Crippen molar-refractivity contribution >= 4 is 17.9 Å². The topological polar surface area (TPSA) is 90.9 Å². The van der Waals surface area contributed by atoms with Crippen molar-refractivity contribution in [1.29, 1.82) is 0 Å². The Morgan fingerprint density at radius 3 is 2.68 bits per heavy atom. The molecule has 0 aliphatic carbocycles. The Hall–Kier alpha value is -2.44. The smallest absolute Gasteiger partial charge is 0.408 e. The lowest BCUT2D eigenvalue weighted by Gasteiger charge is -2.35. The minimum atomic E-state index is -0.915. The number of likely N-dealkylation sites (tertiary alicyclic amines) is 1. The summed E-state index contributed by atoms with van der Waals surface area (Å²) in [7, 11) is 0. The molecule has 1 atom stereocenters. The number of para-hydroxylation sites is 1.